The Bertz CT molecular complexity index is 1300. The van der Waals surface area contributed by atoms with E-state index in [1.807, 2.05) is 42.5 Å². The summed E-state index contributed by atoms with van der Waals surface area (Å²) in [4.78, 5) is 13.6. The normalized spacial score (nSPS) is 19.4. The number of halogens is 2. The minimum atomic E-state index is -0.831. The van der Waals surface area contributed by atoms with Crippen molar-refractivity contribution in [1.82, 2.24) is 0 Å². The van der Waals surface area contributed by atoms with E-state index in [1.54, 1.807) is 14.2 Å². The summed E-state index contributed by atoms with van der Waals surface area (Å²) in [7, 11) is 3.18. The zero-order chi connectivity index (χ0) is 23.8. The third-order valence-electron chi connectivity index (χ3n) is 6.45. The molecule has 5 rings (SSSR count). The number of fused-ring (bicyclic) bond motifs is 1. The molecule has 3 aromatic carbocycles. The number of benzene rings is 3. The Hall–Kier alpha value is -3.87. The average molecular weight is 462 g/mol. The minimum Gasteiger partial charge on any atom is -0.497 e. The smallest absolute Gasteiger partial charge is 0.163 e. The van der Waals surface area contributed by atoms with Gasteiger partial charge >= 0.3 is 0 Å². The molecule has 2 aliphatic rings. The molecule has 3 aromatic rings. The Labute approximate surface area is 196 Å². The number of Topliss-reactive ketones (excluding diaryl/α,β-unsaturated/α-hetero) is 1. The van der Waals surface area contributed by atoms with E-state index in [2.05, 4.69) is 10.6 Å². The highest BCUT2D eigenvalue weighted by atomic mass is 19.1. The lowest BCUT2D eigenvalue weighted by Crippen LogP contribution is -2.27. The summed E-state index contributed by atoms with van der Waals surface area (Å²) < 4.78 is 40.0. The molecular formula is C27H24F2N2O3. The molecule has 5 nitrogen and oxygen atoms in total. The number of carbonyl (C=O) groups is 1. The van der Waals surface area contributed by atoms with Gasteiger partial charge in [-0.25, -0.2) is 8.78 Å². The van der Waals surface area contributed by atoms with Gasteiger partial charge in [0.15, 0.2) is 5.78 Å². The first-order valence-electron chi connectivity index (χ1n) is 11.0. The largest absolute Gasteiger partial charge is 0.497 e. The quantitative estimate of drug-likeness (QED) is 0.501. The van der Waals surface area contributed by atoms with Crippen molar-refractivity contribution in [3.8, 4) is 11.5 Å². The monoisotopic (exact) mass is 462 g/mol. The van der Waals surface area contributed by atoms with Crippen LogP contribution in [0.15, 0.2) is 71.9 Å². The molecule has 0 saturated heterocycles. The number of anilines is 2. The molecule has 0 bridgehead atoms. The molecule has 34 heavy (non-hydrogen) atoms. The predicted octanol–water partition coefficient (Wildman–Crippen LogP) is 5.96. The Morgan fingerprint density at radius 2 is 1.68 bits per heavy atom. The van der Waals surface area contributed by atoms with E-state index in [0.29, 0.717) is 34.9 Å². The molecule has 0 radical (unpaired) electrons. The van der Waals surface area contributed by atoms with Gasteiger partial charge in [-0.1, -0.05) is 12.1 Å². The summed E-state index contributed by atoms with van der Waals surface area (Å²) in [6.45, 7) is 0. The van der Waals surface area contributed by atoms with Gasteiger partial charge in [0.1, 0.15) is 23.1 Å². The van der Waals surface area contributed by atoms with Crippen LogP contribution in [-0.4, -0.2) is 20.0 Å². The fourth-order valence-corrected chi connectivity index (χ4v) is 4.84. The molecule has 1 aliphatic heterocycles. The van der Waals surface area contributed by atoms with Crippen molar-refractivity contribution < 1.29 is 23.0 Å². The Balaban J connectivity index is 1.64. The van der Waals surface area contributed by atoms with Crippen LogP contribution in [0.25, 0.3) is 0 Å². The second-order valence-electron chi connectivity index (χ2n) is 8.44. The maximum atomic E-state index is 14.9. The number of para-hydroxylation sites is 2. The first-order chi connectivity index (χ1) is 16.5. The number of allylic oxidation sites excluding steroid dienone is 1. The zero-order valence-corrected chi connectivity index (χ0v) is 18.8. The van der Waals surface area contributed by atoms with Crippen LogP contribution in [0.4, 0.5) is 20.2 Å². The van der Waals surface area contributed by atoms with Crippen molar-refractivity contribution in [1.29, 1.82) is 0 Å². The maximum absolute atomic E-state index is 14.9. The third kappa shape index (κ3) is 3.87. The van der Waals surface area contributed by atoms with Crippen LogP contribution in [-0.2, 0) is 4.79 Å². The molecule has 2 N–H and O–H groups in total. The van der Waals surface area contributed by atoms with Crippen molar-refractivity contribution in [2.24, 2.45) is 0 Å². The molecule has 0 aromatic heterocycles. The van der Waals surface area contributed by atoms with E-state index in [1.165, 1.54) is 0 Å². The van der Waals surface area contributed by atoms with Crippen LogP contribution < -0.4 is 20.1 Å². The van der Waals surface area contributed by atoms with Crippen LogP contribution in [0, 0.1) is 11.6 Å². The zero-order valence-electron chi connectivity index (χ0n) is 18.8. The van der Waals surface area contributed by atoms with Crippen molar-refractivity contribution in [2.75, 3.05) is 24.9 Å². The average Bonchev–Trinajstić information content (AvgIpc) is 3.01. The Morgan fingerprint density at radius 3 is 2.44 bits per heavy atom. The number of hydrogen-bond acceptors (Lipinski definition) is 5. The van der Waals surface area contributed by atoms with Gasteiger partial charge in [0.25, 0.3) is 0 Å². The molecular weight excluding hydrogens is 438 g/mol. The van der Waals surface area contributed by atoms with E-state index in [-0.39, 0.29) is 23.7 Å². The van der Waals surface area contributed by atoms with Crippen LogP contribution in [0.3, 0.4) is 0 Å². The van der Waals surface area contributed by atoms with Gasteiger partial charge in [0.05, 0.1) is 31.6 Å². The number of hydrogen-bond donors (Lipinski definition) is 2. The summed E-state index contributed by atoms with van der Waals surface area (Å²) in [5, 5.41) is 6.68. The molecule has 0 saturated carbocycles. The Kier molecular flexibility index (Phi) is 5.69. The lowest BCUT2D eigenvalue weighted by molar-refractivity contribution is -0.116. The van der Waals surface area contributed by atoms with Gasteiger partial charge in [-0.15, -0.1) is 0 Å². The van der Waals surface area contributed by atoms with Crippen LogP contribution in [0.2, 0.25) is 0 Å². The summed E-state index contributed by atoms with van der Waals surface area (Å²) in [6, 6.07) is 15.5. The lowest BCUT2D eigenvalue weighted by Gasteiger charge is -2.30. The molecule has 174 valence electrons. The summed E-state index contributed by atoms with van der Waals surface area (Å²) >= 11 is 0. The number of nitrogens with one attached hydrogen (secondary N) is 2. The predicted molar refractivity (Wildman–Crippen MR) is 126 cm³/mol. The van der Waals surface area contributed by atoms with Gasteiger partial charge in [-0.3, -0.25) is 4.79 Å². The van der Waals surface area contributed by atoms with E-state index >= 15 is 0 Å². The number of ketones is 1. The number of methoxy groups -OCH3 is 2. The number of rotatable bonds is 4. The summed E-state index contributed by atoms with van der Waals surface area (Å²) in [6.07, 6.45) is 0.698. The van der Waals surface area contributed by atoms with Gasteiger partial charge in [-0.2, -0.15) is 0 Å². The molecule has 0 fully saturated rings. The molecule has 1 aliphatic carbocycles. The van der Waals surface area contributed by atoms with Crippen molar-refractivity contribution in [3.63, 3.8) is 0 Å². The van der Waals surface area contributed by atoms with E-state index in [0.717, 1.165) is 29.4 Å². The number of ether oxygens (including phenoxy) is 2. The molecule has 0 unspecified atom stereocenters. The highest BCUT2D eigenvalue weighted by molar-refractivity contribution is 6.01. The van der Waals surface area contributed by atoms with Gasteiger partial charge in [-0.05, 0) is 55.0 Å². The van der Waals surface area contributed by atoms with Crippen molar-refractivity contribution >= 4 is 17.2 Å². The summed E-state index contributed by atoms with van der Waals surface area (Å²) in [5.41, 5.74) is 3.52. The van der Waals surface area contributed by atoms with Crippen LogP contribution >= 0.6 is 0 Å². The third-order valence-corrected chi connectivity index (χ3v) is 6.45. The van der Waals surface area contributed by atoms with Gasteiger partial charge in [0.2, 0.25) is 0 Å². The first-order valence-corrected chi connectivity index (χ1v) is 11.0. The topological polar surface area (TPSA) is 59.6 Å². The Morgan fingerprint density at radius 1 is 0.882 bits per heavy atom. The fourth-order valence-electron chi connectivity index (χ4n) is 4.84. The molecule has 2 atom stereocenters. The van der Waals surface area contributed by atoms with E-state index in [9.17, 15) is 13.6 Å². The van der Waals surface area contributed by atoms with Gasteiger partial charge in [0, 0.05) is 34.7 Å². The van der Waals surface area contributed by atoms with Crippen LogP contribution in [0.1, 0.15) is 35.9 Å². The van der Waals surface area contributed by atoms with Crippen LogP contribution in [0.5, 0.6) is 11.5 Å². The SMILES string of the molecule is COc1ccc(OC)c([C@@H]2CC(=O)C3=C(C2)Nc2ccccc2N[C@H]3c2cc(F)ccc2F)c1. The molecule has 1 heterocycles. The fraction of sp³-hybridized carbons (Fsp3) is 0.222. The maximum Gasteiger partial charge on any atom is 0.163 e. The number of carbonyl (C=O) groups excluding carboxylic acids is 1. The summed E-state index contributed by atoms with van der Waals surface area (Å²) in [5.74, 6) is -0.113. The first kappa shape index (κ1) is 21.9. The van der Waals surface area contributed by atoms with E-state index in [4.69, 9.17) is 9.47 Å². The standard InChI is InChI=1S/C27H24F2N2O3/c1-33-17-8-10-25(34-2)18(14-17)15-11-23-26(24(32)12-15)27(19-13-16(28)7-9-20(19)29)31-22-6-4-3-5-21(22)30-23/h3-10,13-15,27,30-31H,11-12H2,1-2H3/t15-,27-/m0/s1. The highest BCUT2D eigenvalue weighted by Gasteiger charge is 2.38. The van der Waals surface area contributed by atoms with Gasteiger partial charge < -0.3 is 20.1 Å². The van der Waals surface area contributed by atoms with Crippen molar-refractivity contribution in [3.05, 3.63) is 94.7 Å². The molecule has 0 amide bonds. The van der Waals surface area contributed by atoms with E-state index < -0.39 is 17.7 Å². The second kappa shape index (κ2) is 8.82. The van der Waals surface area contributed by atoms with Crippen molar-refractivity contribution in [2.45, 2.75) is 24.8 Å². The lowest BCUT2D eigenvalue weighted by atomic mass is 9.78. The highest BCUT2D eigenvalue weighted by Crippen LogP contribution is 2.46. The minimum absolute atomic E-state index is 0.0942. The molecule has 7 heteroatoms. The molecule has 0 spiro atoms. The second-order valence-corrected chi connectivity index (χ2v) is 8.44.